The van der Waals surface area contributed by atoms with Crippen molar-refractivity contribution < 1.29 is 33.8 Å². The number of imidazole rings is 1. The zero-order valence-electron chi connectivity index (χ0n) is 18.5. The fourth-order valence-corrected chi connectivity index (χ4v) is 4.24. The molecule has 0 saturated carbocycles. The van der Waals surface area contributed by atoms with Crippen LogP contribution in [0.25, 0.3) is 11.2 Å². The first-order chi connectivity index (χ1) is 16.1. The van der Waals surface area contributed by atoms with E-state index in [4.69, 9.17) is 39.0 Å². The Bertz CT molecular complexity index is 1090. The molecule has 1 fully saturated rings. The zero-order valence-corrected chi connectivity index (χ0v) is 21.0. The number of hydrogen-bond donors (Lipinski definition) is 7. The number of H-pyrrole nitrogens is 1. The maximum absolute atomic E-state index is 11.0. The van der Waals surface area contributed by atoms with Crippen LogP contribution in [-0.4, -0.2) is 82.5 Å². The number of anilines is 1. The van der Waals surface area contributed by atoms with E-state index in [1.54, 1.807) is 0 Å². The number of nitrogens with one attached hydrogen (secondary N) is 3. The van der Waals surface area contributed by atoms with Crippen molar-refractivity contribution in [1.82, 2.24) is 24.8 Å². The minimum absolute atomic E-state index is 0.242. The van der Waals surface area contributed by atoms with Gasteiger partial charge in [-0.25, -0.2) is 14.5 Å². The third-order valence-corrected chi connectivity index (χ3v) is 6.15. The Morgan fingerprint density at radius 3 is 2.65 bits per heavy atom. The van der Waals surface area contributed by atoms with Gasteiger partial charge in [-0.3, -0.25) is 9.09 Å². The van der Waals surface area contributed by atoms with Gasteiger partial charge in [0.1, 0.15) is 29.5 Å². The summed E-state index contributed by atoms with van der Waals surface area (Å²) in [5.41, 5.74) is 0.791. The van der Waals surface area contributed by atoms with E-state index < -0.39 is 39.0 Å². The molecule has 0 bridgehead atoms. The smallest absolute Gasteiger partial charge is 0.387 e. The summed E-state index contributed by atoms with van der Waals surface area (Å²) in [5, 5.41) is 27.0. The second-order valence-corrected chi connectivity index (χ2v) is 10.1. The Hall–Kier alpha value is -1.55. The van der Waals surface area contributed by atoms with Gasteiger partial charge in [0.25, 0.3) is 0 Å². The van der Waals surface area contributed by atoms with Crippen LogP contribution in [0.15, 0.2) is 6.33 Å². The van der Waals surface area contributed by atoms with Crippen molar-refractivity contribution in [1.29, 1.82) is 0 Å². The van der Waals surface area contributed by atoms with Crippen molar-refractivity contribution in [3.63, 3.8) is 0 Å². The Balaban J connectivity index is 1.62. The Morgan fingerprint density at radius 2 is 1.97 bits per heavy atom. The van der Waals surface area contributed by atoms with Crippen molar-refractivity contribution in [2.24, 2.45) is 0 Å². The number of aliphatic hydroxyl groups excluding tert-OH is 2. The number of thiocarbonyl (C=S) groups is 1. The number of rotatable bonds is 12. The van der Waals surface area contributed by atoms with Crippen LogP contribution in [0.1, 0.15) is 38.8 Å². The molecule has 190 valence electrons. The van der Waals surface area contributed by atoms with E-state index in [1.807, 2.05) is 6.92 Å². The number of phosphoric acid groups is 1. The Labute approximate surface area is 206 Å². The first-order valence-electron chi connectivity index (χ1n) is 10.7. The molecule has 0 spiro atoms. The number of nitrogens with zero attached hydrogens (tertiary/aromatic N) is 3. The van der Waals surface area contributed by atoms with Gasteiger partial charge in [0.05, 0.1) is 17.9 Å². The van der Waals surface area contributed by atoms with E-state index in [0.29, 0.717) is 23.7 Å². The molecule has 1 aliphatic rings. The van der Waals surface area contributed by atoms with Crippen molar-refractivity contribution in [2.75, 3.05) is 25.0 Å². The van der Waals surface area contributed by atoms with Gasteiger partial charge in [0.15, 0.2) is 10.9 Å². The lowest BCUT2D eigenvalue weighted by Crippen LogP contribution is -2.33. The SMILES string of the molecule is CC(=S)NCCCCCCNc1nc(=S)c2ncn([C@@H]3O[C@H](COP(=O)(O)O)C(O)[C@@H]3O)c2[nH]1. The molecule has 3 rings (SSSR count). The molecule has 1 aliphatic heterocycles. The standard InChI is InChI=1S/C18H29N6O7PS2/c1-10(33)19-6-4-2-3-5-7-20-18-22-15-12(16(34)23-18)21-9-24(15)17-14(26)13(25)11(31-17)8-30-32(27,28)29/h9,11,13-14,17,25-26H,2-8H2,1H3,(H,19,33)(H2,27,28,29)(H2,20,22,23,34)/t11-,13?,14+,17-/m1/s1. The van der Waals surface area contributed by atoms with Gasteiger partial charge in [-0.2, -0.15) is 0 Å². The van der Waals surface area contributed by atoms with E-state index in [2.05, 4.69) is 30.1 Å². The van der Waals surface area contributed by atoms with E-state index >= 15 is 0 Å². The van der Waals surface area contributed by atoms with E-state index in [9.17, 15) is 14.8 Å². The third kappa shape index (κ3) is 7.23. The molecule has 4 atom stereocenters. The van der Waals surface area contributed by atoms with Crippen molar-refractivity contribution >= 4 is 54.4 Å². The predicted molar refractivity (Wildman–Crippen MR) is 130 cm³/mol. The van der Waals surface area contributed by atoms with Crippen molar-refractivity contribution in [2.45, 2.75) is 57.1 Å². The van der Waals surface area contributed by atoms with E-state index in [0.717, 1.165) is 37.2 Å². The number of aromatic amines is 1. The lowest BCUT2D eigenvalue weighted by Gasteiger charge is -2.17. The lowest BCUT2D eigenvalue weighted by atomic mass is 10.1. The molecule has 2 aromatic rings. The summed E-state index contributed by atoms with van der Waals surface area (Å²) in [6, 6.07) is 0. The summed E-state index contributed by atoms with van der Waals surface area (Å²) in [7, 11) is -4.76. The van der Waals surface area contributed by atoms with Gasteiger partial charge < -0.3 is 40.4 Å². The van der Waals surface area contributed by atoms with Gasteiger partial charge >= 0.3 is 7.82 Å². The first-order valence-corrected chi connectivity index (χ1v) is 13.1. The fourth-order valence-electron chi connectivity index (χ4n) is 3.55. The van der Waals surface area contributed by atoms with Gasteiger partial charge in [-0.15, -0.1) is 0 Å². The second-order valence-electron chi connectivity index (χ2n) is 7.90. The predicted octanol–water partition coefficient (Wildman–Crippen LogP) is 1.13. The molecule has 0 radical (unpaired) electrons. The molecule has 16 heteroatoms. The van der Waals surface area contributed by atoms with Crippen LogP contribution in [0.4, 0.5) is 5.95 Å². The number of aromatic nitrogens is 4. The van der Waals surface area contributed by atoms with Crippen LogP contribution in [-0.2, 0) is 13.8 Å². The normalized spacial score (nSPS) is 22.9. The highest BCUT2D eigenvalue weighted by molar-refractivity contribution is 7.80. The van der Waals surface area contributed by atoms with Crippen LogP contribution in [0.2, 0.25) is 0 Å². The summed E-state index contributed by atoms with van der Waals surface area (Å²) < 4.78 is 22.7. The maximum Gasteiger partial charge on any atom is 0.469 e. The average molecular weight is 537 g/mol. The molecule has 13 nitrogen and oxygen atoms in total. The number of phosphoric ester groups is 1. The highest BCUT2D eigenvalue weighted by atomic mass is 32.1. The number of aliphatic hydroxyl groups is 2. The molecular weight excluding hydrogens is 507 g/mol. The molecule has 2 aromatic heterocycles. The number of hydrogen-bond acceptors (Lipinski definition) is 10. The molecule has 34 heavy (non-hydrogen) atoms. The summed E-state index contributed by atoms with van der Waals surface area (Å²) in [6.45, 7) is 2.80. The van der Waals surface area contributed by atoms with Crippen molar-refractivity contribution in [3.05, 3.63) is 11.0 Å². The second kappa shape index (κ2) is 11.9. The van der Waals surface area contributed by atoms with Crippen LogP contribution in [0, 0.1) is 4.64 Å². The molecule has 0 aliphatic carbocycles. The lowest BCUT2D eigenvalue weighted by molar-refractivity contribution is -0.0503. The summed E-state index contributed by atoms with van der Waals surface area (Å²) >= 11 is 10.3. The molecule has 1 saturated heterocycles. The maximum atomic E-state index is 11.0. The van der Waals surface area contributed by atoms with Gasteiger partial charge in [0, 0.05) is 13.1 Å². The molecule has 3 heterocycles. The Morgan fingerprint density at radius 1 is 1.26 bits per heavy atom. The average Bonchev–Trinajstić information content (AvgIpc) is 3.29. The first kappa shape index (κ1) is 27.0. The largest absolute Gasteiger partial charge is 0.469 e. The van der Waals surface area contributed by atoms with E-state index in [1.165, 1.54) is 10.9 Å². The molecule has 7 N–H and O–H groups in total. The summed E-state index contributed by atoms with van der Waals surface area (Å²) in [6.07, 6.45) is 0.370. The topological polar surface area (TPSA) is 187 Å². The summed E-state index contributed by atoms with van der Waals surface area (Å²) in [5.74, 6) is 0.423. The highest BCUT2D eigenvalue weighted by Gasteiger charge is 2.45. The van der Waals surface area contributed by atoms with Crippen LogP contribution in [0.3, 0.4) is 0 Å². The van der Waals surface area contributed by atoms with Gasteiger partial charge in [0.2, 0.25) is 5.95 Å². The molecule has 1 unspecified atom stereocenters. The van der Waals surface area contributed by atoms with E-state index in [-0.39, 0.29) is 4.64 Å². The van der Waals surface area contributed by atoms with Crippen LogP contribution in [0.5, 0.6) is 0 Å². The van der Waals surface area contributed by atoms with Gasteiger partial charge in [-0.1, -0.05) is 37.3 Å². The van der Waals surface area contributed by atoms with Crippen LogP contribution < -0.4 is 10.6 Å². The minimum Gasteiger partial charge on any atom is -0.387 e. The minimum atomic E-state index is -4.76. The molecular formula is C18H29N6O7PS2. The Kier molecular flexibility index (Phi) is 9.49. The monoisotopic (exact) mass is 536 g/mol. The molecule has 0 amide bonds. The summed E-state index contributed by atoms with van der Waals surface area (Å²) in [4.78, 5) is 30.2. The molecule has 0 aromatic carbocycles. The van der Waals surface area contributed by atoms with Crippen LogP contribution >= 0.6 is 32.3 Å². The number of ether oxygens (including phenoxy) is 1. The van der Waals surface area contributed by atoms with Crippen molar-refractivity contribution in [3.8, 4) is 0 Å². The third-order valence-electron chi connectivity index (χ3n) is 5.23. The number of unbranched alkanes of at least 4 members (excludes halogenated alkanes) is 3. The number of fused-ring (bicyclic) bond motifs is 1. The zero-order chi connectivity index (χ0) is 24.9. The quantitative estimate of drug-likeness (QED) is 0.116. The van der Waals surface area contributed by atoms with Gasteiger partial charge in [-0.05, 0) is 19.8 Å². The fraction of sp³-hybridized carbons (Fsp3) is 0.667. The highest BCUT2D eigenvalue weighted by Crippen LogP contribution is 2.38.